The van der Waals surface area contributed by atoms with Crippen molar-refractivity contribution in [3.05, 3.63) is 35.4 Å². The Balaban J connectivity index is 2.15. The summed E-state index contributed by atoms with van der Waals surface area (Å²) in [5.74, 6) is -1.08. The minimum atomic E-state index is -2.28. The summed E-state index contributed by atoms with van der Waals surface area (Å²) >= 11 is 0. The van der Waals surface area contributed by atoms with Crippen LogP contribution in [-0.4, -0.2) is 18.9 Å². The van der Waals surface area contributed by atoms with Crippen LogP contribution in [0.25, 0.3) is 0 Å². The Morgan fingerprint density at radius 3 is 2.89 bits per heavy atom. The molecule has 2 atom stereocenters. The van der Waals surface area contributed by atoms with Crippen LogP contribution in [0.1, 0.15) is 34.8 Å². The zero-order valence-corrected chi connectivity index (χ0v) is 9.90. The number of halogens is 2. The molecule has 1 amide bonds. The van der Waals surface area contributed by atoms with Crippen LogP contribution >= 0.6 is 0 Å². The van der Waals surface area contributed by atoms with E-state index in [1.807, 2.05) is 6.07 Å². The highest BCUT2D eigenvalue weighted by Crippen LogP contribution is 2.31. The fourth-order valence-corrected chi connectivity index (χ4v) is 2.34. The SMILES string of the molecule is NC(=O)c1cccc([C@@H]2CC(C(F)F)CCN2)c1. The highest BCUT2D eigenvalue weighted by atomic mass is 19.3. The van der Waals surface area contributed by atoms with E-state index < -0.39 is 18.3 Å². The van der Waals surface area contributed by atoms with Gasteiger partial charge in [-0.25, -0.2) is 8.78 Å². The van der Waals surface area contributed by atoms with Crippen LogP contribution in [0, 0.1) is 5.92 Å². The maximum atomic E-state index is 12.7. The number of hydrogen-bond donors (Lipinski definition) is 2. The zero-order chi connectivity index (χ0) is 13.1. The lowest BCUT2D eigenvalue weighted by molar-refractivity contribution is 0.0500. The van der Waals surface area contributed by atoms with Gasteiger partial charge in [0.2, 0.25) is 12.3 Å². The molecule has 1 fully saturated rings. The Hall–Kier alpha value is -1.49. The molecule has 3 nitrogen and oxygen atoms in total. The summed E-state index contributed by atoms with van der Waals surface area (Å²) in [6.07, 6.45) is -1.40. The van der Waals surface area contributed by atoms with Crippen molar-refractivity contribution in [2.24, 2.45) is 11.7 Å². The van der Waals surface area contributed by atoms with Gasteiger partial charge in [0, 0.05) is 17.5 Å². The Morgan fingerprint density at radius 2 is 2.22 bits per heavy atom. The topological polar surface area (TPSA) is 55.1 Å². The van der Waals surface area contributed by atoms with Crippen molar-refractivity contribution in [3.8, 4) is 0 Å². The van der Waals surface area contributed by atoms with Crippen LogP contribution in [0.4, 0.5) is 8.78 Å². The lowest BCUT2D eigenvalue weighted by atomic mass is 9.88. The quantitative estimate of drug-likeness (QED) is 0.867. The molecule has 1 heterocycles. The second kappa shape index (κ2) is 5.44. The smallest absolute Gasteiger partial charge is 0.248 e. The number of primary amides is 1. The Morgan fingerprint density at radius 1 is 1.44 bits per heavy atom. The van der Waals surface area contributed by atoms with E-state index in [9.17, 15) is 13.6 Å². The van der Waals surface area contributed by atoms with Crippen molar-refractivity contribution in [2.75, 3.05) is 6.54 Å². The van der Waals surface area contributed by atoms with Crippen molar-refractivity contribution in [1.29, 1.82) is 0 Å². The molecular weight excluding hydrogens is 238 g/mol. The third-order valence-electron chi connectivity index (χ3n) is 3.37. The second-order valence-electron chi connectivity index (χ2n) is 4.62. The van der Waals surface area contributed by atoms with Gasteiger partial charge in [0.15, 0.2) is 0 Å². The van der Waals surface area contributed by atoms with Crippen LogP contribution in [0.15, 0.2) is 24.3 Å². The van der Waals surface area contributed by atoms with Gasteiger partial charge in [-0.1, -0.05) is 12.1 Å². The zero-order valence-electron chi connectivity index (χ0n) is 9.90. The molecule has 0 spiro atoms. The van der Waals surface area contributed by atoms with Gasteiger partial charge in [0.25, 0.3) is 0 Å². The van der Waals surface area contributed by atoms with Crippen molar-refractivity contribution >= 4 is 5.91 Å². The standard InChI is InChI=1S/C13H16F2N2O/c14-12(15)9-4-5-17-11(7-9)8-2-1-3-10(6-8)13(16)18/h1-3,6,9,11-12,17H,4-5,7H2,(H2,16,18)/t9?,11-/m0/s1. The highest BCUT2D eigenvalue weighted by molar-refractivity contribution is 5.92. The third-order valence-corrected chi connectivity index (χ3v) is 3.37. The summed E-state index contributed by atoms with van der Waals surface area (Å²) in [6, 6.07) is 6.73. The van der Waals surface area contributed by atoms with Gasteiger partial charge >= 0.3 is 0 Å². The molecule has 18 heavy (non-hydrogen) atoms. The van der Waals surface area contributed by atoms with E-state index in [1.165, 1.54) is 0 Å². The number of benzene rings is 1. The second-order valence-corrected chi connectivity index (χ2v) is 4.62. The minimum absolute atomic E-state index is 0.128. The number of piperidine rings is 1. The number of hydrogen-bond acceptors (Lipinski definition) is 2. The summed E-state index contributed by atoms with van der Waals surface area (Å²) in [5.41, 5.74) is 6.46. The van der Waals surface area contributed by atoms with Gasteiger partial charge in [-0.3, -0.25) is 4.79 Å². The summed E-state index contributed by atoms with van der Waals surface area (Å²) in [4.78, 5) is 11.1. The van der Waals surface area contributed by atoms with Crippen LogP contribution < -0.4 is 11.1 Å². The van der Waals surface area contributed by atoms with Crippen LogP contribution in [0.2, 0.25) is 0 Å². The van der Waals surface area contributed by atoms with E-state index in [0.29, 0.717) is 24.9 Å². The molecule has 0 aromatic heterocycles. The molecule has 98 valence electrons. The molecule has 5 heteroatoms. The molecule has 1 aromatic carbocycles. The molecule has 1 unspecified atom stereocenters. The molecule has 1 aromatic rings. The average Bonchev–Trinajstić information content (AvgIpc) is 2.39. The predicted molar refractivity (Wildman–Crippen MR) is 64.4 cm³/mol. The third kappa shape index (κ3) is 2.85. The summed E-state index contributed by atoms with van der Waals surface area (Å²) in [7, 11) is 0. The number of nitrogens with one attached hydrogen (secondary N) is 1. The first kappa shape index (κ1) is 13.0. The summed E-state index contributed by atoms with van der Waals surface area (Å²) in [5, 5.41) is 3.20. The van der Waals surface area contributed by atoms with E-state index in [1.54, 1.807) is 18.2 Å². The molecule has 0 radical (unpaired) electrons. The van der Waals surface area contributed by atoms with E-state index in [4.69, 9.17) is 5.73 Å². The number of amides is 1. The maximum Gasteiger partial charge on any atom is 0.248 e. The number of alkyl halides is 2. The monoisotopic (exact) mass is 254 g/mol. The van der Waals surface area contributed by atoms with Crippen molar-refractivity contribution < 1.29 is 13.6 Å². The number of carbonyl (C=O) groups excluding carboxylic acids is 1. The predicted octanol–water partition coefficient (Wildman–Crippen LogP) is 2.09. The Kier molecular flexibility index (Phi) is 3.91. The molecule has 1 aliphatic rings. The maximum absolute atomic E-state index is 12.7. The van der Waals surface area contributed by atoms with Gasteiger partial charge in [-0.2, -0.15) is 0 Å². The molecule has 1 saturated heterocycles. The number of carbonyl (C=O) groups is 1. The summed E-state index contributed by atoms with van der Waals surface area (Å²) in [6.45, 7) is 0.570. The molecule has 0 saturated carbocycles. The fourth-order valence-electron chi connectivity index (χ4n) is 2.34. The normalized spacial score (nSPS) is 24.2. The Bertz CT molecular complexity index is 437. The number of nitrogens with two attached hydrogens (primary N) is 1. The Labute approximate surface area is 104 Å². The van der Waals surface area contributed by atoms with Gasteiger partial charge in [0.1, 0.15) is 0 Å². The first-order valence-electron chi connectivity index (χ1n) is 5.99. The first-order chi connectivity index (χ1) is 8.58. The largest absolute Gasteiger partial charge is 0.366 e. The molecule has 3 N–H and O–H groups in total. The van der Waals surface area contributed by atoms with Crippen LogP contribution in [-0.2, 0) is 0 Å². The average molecular weight is 254 g/mol. The van der Waals surface area contributed by atoms with E-state index in [-0.39, 0.29) is 6.04 Å². The van der Waals surface area contributed by atoms with Crippen molar-refractivity contribution in [1.82, 2.24) is 5.32 Å². The highest BCUT2D eigenvalue weighted by Gasteiger charge is 2.28. The molecule has 1 aliphatic heterocycles. The van der Waals surface area contributed by atoms with Crippen molar-refractivity contribution in [3.63, 3.8) is 0 Å². The molecular formula is C13H16F2N2O. The summed E-state index contributed by atoms with van der Waals surface area (Å²) < 4.78 is 25.4. The van der Waals surface area contributed by atoms with Gasteiger partial charge in [-0.05, 0) is 37.1 Å². The fraction of sp³-hybridized carbons (Fsp3) is 0.462. The van der Waals surface area contributed by atoms with Crippen LogP contribution in [0.5, 0.6) is 0 Å². The first-order valence-corrected chi connectivity index (χ1v) is 5.99. The van der Waals surface area contributed by atoms with Crippen LogP contribution in [0.3, 0.4) is 0 Å². The lowest BCUT2D eigenvalue weighted by Gasteiger charge is -2.30. The number of rotatable bonds is 3. The van der Waals surface area contributed by atoms with E-state index in [0.717, 1.165) is 5.56 Å². The van der Waals surface area contributed by atoms with E-state index >= 15 is 0 Å². The minimum Gasteiger partial charge on any atom is -0.366 e. The molecule has 0 bridgehead atoms. The van der Waals surface area contributed by atoms with Gasteiger partial charge in [0.05, 0.1) is 0 Å². The molecule has 0 aliphatic carbocycles. The molecule has 2 rings (SSSR count). The van der Waals surface area contributed by atoms with E-state index in [2.05, 4.69) is 5.32 Å². The van der Waals surface area contributed by atoms with Gasteiger partial charge in [-0.15, -0.1) is 0 Å². The van der Waals surface area contributed by atoms with Crippen molar-refractivity contribution in [2.45, 2.75) is 25.3 Å². The lowest BCUT2D eigenvalue weighted by Crippen LogP contribution is -2.34. The van der Waals surface area contributed by atoms with Gasteiger partial charge < -0.3 is 11.1 Å².